The minimum absolute atomic E-state index is 0.0122. The monoisotopic (exact) mass is 511 g/mol. The molecule has 9 nitrogen and oxygen atoms in total. The molecule has 1 amide bonds. The third kappa shape index (κ3) is 6.47. The van der Waals surface area contributed by atoms with Crippen molar-refractivity contribution in [2.45, 2.75) is 13.0 Å². The molecule has 3 aromatic carbocycles. The molecule has 0 aliphatic carbocycles. The second-order valence-corrected chi connectivity index (χ2v) is 7.51. The number of para-hydroxylation sites is 2. The Balaban J connectivity index is 1.54. The van der Waals surface area contributed by atoms with Gasteiger partial charge in [0.05, 0.1) is 16.7 Å². The van der Waals surface area contributed by atoms with Gasteiger partial charge < -0.3 is 9.47 Å². The van der Waals surface area contributed by atoms with E-state index >= 15 is 0 Å². The minimum atomic E-state index is -1.01. The molecule has 0 aliphatic rings. The number of rotatable bonds is 8. The molecule has 1 N–H and O–H groups in total. The summed E-state index contributed by atoms with van der Waals surface area (Å²) in [5.41, 5.74) is 3.13. The first-order chi connectivity index (χ1) is 15.8. The normalized spacial score (nSPS) is 11.6. The Bertz CT molecular complexity index is 1200. The molecule has 0 radical (unpaired) electrons. The van der Waals surface area contributed by atoms with Crippen LogP contribution in [0, 0.1) is 10.1 Å². The molecule has 0 saturated heterocycles. The lowest BCUT2D eigenvalue weighted by Crippen LogP contribution is -2.33. The Hall–Kier alpha value is -4.05. The molecular weight excluding hydrogens is 494 g/mol. The van der Waals surface area contributed by atoms with Gasteiger partial charge in [-0.2, -0.15) is 5.10 Å². The highest BCUT2D eigenvalue weighted by Gasteiger charge is 2.20. The largest absolute Gasteiger partial charge is 0.474 e. The quantitative estimate of drug-likeness (QED) is 0.156. The fourth-order valence-electron chi connectivity index (χ4n) is 2.62. The Labute approximate surface area is 197 Å². The summed E-state index contributed by atoms with van der Waals surface area (Å²) in [5, 5.41) is 14.9. The van der Waals surface area contributed by atoms with Gasteiger partial charge in [0, 0.05) is 10.5 Å². The van der Waals surface area contributed by atoms with E-state index in [4.69, 9.17) is 9.47 Å². The molecule has 0 unspecified atom stereocenters. The van der Waals surface area contributed by atoms with Gasteiger partial charge in [0.1, 0.15) is 5.75 Å². The molecule has 33 heavy (non-hydrogen) atoms. The molecule has 3 aromatic rings. The Morgan fingerprint density at radius 2 is 1.73 bits per heavy atom. The number of hydrogen-bond acceptors (Lipinski definition) is 7. The molecule has 0 fully saturated rings. The van der Waals surface area contributed by atoms with Crippen molar-refractivity contribution in [2.24, 2.45) is 5.10 Å². The molecule has 0 bridgehead atoms. The Kier molecular flexibility index (Phi) is 7.87. The van der Waals surface area contributed by atoms with Crippen molar-refractivity contribution >= 4 is 39.7 Å². The van der Waals surface area contributed by atoms with Crippen LogP contribution in [0.25, 0.3) is 0 Å². The van der Waals surface area contributed by atoms with Crippen LogP contribution in [-0.4, -0.2) is 29.1 Å². The Morgan fingerprint density at radius 3 is 2.42 bits per heavy atom. The fraction of sp³-hybridized carbons (Fsp3) is 0.0870. The van der Waals surface area contributed by atoms with Crippen LogP contribution in [0.3, 0.4) is 0 Å². The number of amides is 1. The highest BCUT2D eigenvalue weighted by Crippen LogP contribution is 2.26. The average molecular weight is 512 g/mol. The van der Waals surface area contributed by atoms with E-state index in [1.807, 2.05) is 0 Å². The number of hydrogen-bond donors (Lipinski definition) is 1. The molecule has 168 valence electrons. The smallest absolute Gasteiger partial charge is 0.344 e. The number of hydrazone groups is 1. The third-order valence-corrected chi connectivity index (χ3v) is 5.00. The van der Waals surface area contributed by atoms with Crippen molar-refractivity contribution in [3.8, 4) is 11.5 Å². The number of carbonyl (C=O) groups is 2. The predicted octanol–water partition coefficient (Wildman–Crippen LogP) is 4.49. The van der Waals surface area contributed by atoms with Crippen LogP contribution in [0.1, 0.15) is 22.8 Å². The van der Waals surface area contributed by atoms with Gasteiger partial charge in [0.15, 0.2) is 11.9 Å². The summed E-state index contributed by atoms with van der Waals surface area (Å²) in [6.45, 7) is 1.45. The molecular formula is C23H18BrN3O6. The summed E-state index contributed by atoms with van der Waals surface area (Å²) in [4.78, 5) is 34.9. The highest BCUT2D eigenvalue weighted by atomic mass is 79.9. The zero-order chi connectivity index (χ0) is 23.8. The van der Waals surface area contributed by atoms with Crippen LogP contribution in [-0.2, 0) is 4.79 Å². The summed E-state index contributed by atoms with van der Waals surface area (Å²) >= 11 is 3.31. The second-order valence-electron chi connectivity index (χ2n) is 6.66. The number of nitro groups is 1. The van der Waals surface area contributed by atoms with Crippen molar-refractivity contribution < 1.29 is 24.0 Å². The fourth-order valence-corrected chi connectivity index (χ4v) is 3.07. The Morgan fingerprint density at radius 1 is 1.06 bits per heavy atom. The van der Waals surface area contributed by atoms with Gasteiger partial charge in [0.25, 0.3) is 5.91 Å². The minimum Gasteiger partial charge on any atom is -0.474 e. The molecule has 0 spiro atoms. The van der Waals surface area contributed by atoms with Crippen molar-refractivity contribution in [1.82, 2.24) is 5.43 Å². The first-order valence-electron chi connectivity index (χ1n) is 9.65. The first-order valence-corrected chi connectivity index (χ1v) is 10.4. The van der Waals surface area contributed by atoms with Crippen LogP contribution in [0.15, 0.2) is 82.4 Å². The van der Waals surface area contributed by atoms with Gasteiger partial charge in [-0.1, -0.05) is 24.3 Å². The number of benzene rings is 3. The summed E-state index contributed by atoms with van der Waals surface area (Å²) in [5.74, 6) is -0.739. The maximum atomic E-state index is 12.2. The lowest BCUT2D eigenvalue weighted by molar-refractivity contribution is -0.386. The summed E-state index contributed by atoms with van der Waals surface area (Å²) in [7, 11) is 0. The van der Waals surface area contributed by atoms with E-state index in [-0.39, 0.29) is 11.4 Å². The van der Waals surface area contributed by atoms with Gasteiger partial charge in [-0.15, -0.1) is 0 Å². The van der Waals surface area contributed by atoms with Crippen molar-refractivity contribution in [3.63, 3.8) is 0 Å². The van der Waals surface area contributed by atoms with Gasteiger partial charge in [-0.3, -0.25) is 14.9 Å². The molecule has 0 aliphatic heterocycles. The number of esters is 1. The van der Waals surface area contributed by atoms with Crippen LogP contribution >= 0.6 is 15.9 Å². The average Bonchev–Trinajstić information content (AvgIpc) is 2.80. The zero-order valence-corrected chi connectivity index (χ0v) is 18.9. The standard InChI is InChI=1S/C23H18BrN3O6/c1-15(32-21-9-5-4-8-20(21)27(30)31)22(28)26-25-14-16-10-12-17(13-11-16)33-23(29)18-6-2-3-7-19(18)24/h2-15H,1H3,(H,26,28)/b25-14-/t15-/m0/s1. The van der Waals surface area contributed by atoms with E-state index in [1.54, 1.807) is 54.6 Å². The van der Waals surface area contributed by atoms with E-state index in [1.165, 1.54) is 31.3 Å². The number of halogens is 1. The SMILES string of the molecule is C[C@H](Oc1ccccc1[N+](=O)[O-])C(=O)N/N=C\c1ccc(OC(=O)c2ccccc2Br)cc1. The zero-order valence-electron chi connectivity index (χ0n) is 17.3. The molecule has 10 heteroatoms. The van der Waals surface area contributed by atoms with E-state index < -0.39 is 22.9 Å². The van der Waals surface area contributed by atoms with E-state index in [9.17, 15) is 19.7 Å². The number of nitrogens with one attached hydrogen (secondary N) is 1. The summed E-state index contributed by atoms with van der Waals surface area (Å²) in [6, 6.07) is 19.2. The molecule has 1 atom stereocenters. The first kappa shape index (κ1) is 23.6. The van der Waals surface area contributed by atoms with Gasteiger partial charge in [-0.05, 0) is 70.9 Å². The molecule has 0 aromatic heterocycles. The van der Waals surface area contributed by atoms with Crippen molar-refractivity contribution in [2.75, 3.05) is 0 Å². The van der Waals surface area contributed by atoms with E-state index in [0.29, 0.717) is 21.3 Å². The van der Waals surface area contributed by atoms with Crippen LogP contribution in [0.4, 0.5) is 5.69 Å². The number of carbonyl (C=O) groups excluding carboxylic acids is 2. The summed E-state index contributed by atoms with van der Waals surface area (Å²) < 4.78 is 11.4. The van der Waals surface area contributed by atoms with E-state index in [2.05, 4.69) is 26.5 Å². The van der Waals surface area contributed by atoms with E-state index in [0.717, 1.165) is 0 Å². The predicted molar refractivity (Wildman–Crippen MR) is 124 cm³/mol. The molecule has 3 rings (SSSR count). The number of nitro benzene ring substituents is 1. The van der Waals surface area contributed by atoms with Gasteiger partial charge >= 0.3 is 11.7 Å². The van der Waals surface area contributed by atoms with Crippen LogP contribution in [0.2, 0.25) is 0 Å². The highest BCUT2D eigenvalue weighted by molar-refractivity contribution is 9.10. The third-order valence-electron chi connectivity index (χ3n) is 4.31. The van der Waals surface area contributed by atoms with Crippen molar-refractivity contribution in [1.29, 1.82) is 0 Å². The maximum absolute atomic E-state index is 12.2. The lowest BCUT2D eigenvalue weighted by atomic mass is 10.2. The van der Waals surface area contributed by atoms with Gasteiger partial charge in [0.2, 0.25) is 0 Å². The number of ether oxygens (including phenoxy) is 2. The van der Waals surface area contributed by atoms with Crippen LogP contribution < -0.4 is 14.9 Å². The number of nitrogens with zero attached hydrogens (tertiary/aromatic N) is 2. The summed E-state index contributed by atoms with van der Waals surface area (Å²) in [6.07, 6.45) is 0.386. The molecule has 0 saturated carbocycles. The second kappa shape index (κ2) is 11.0. The molecule has 0 heterocycles. The topological polar surface area (TPSA) is 120 Å². The van der Waals surface area contributed by atoms with Crippen molar-refractivity contribution in [3.05, 3.63) is 98.5 Å². The van der Waals surface area contributed by atoms with Gasteiger partial charge in [-0.25, -0.2) is 10.2 Å². The lowest BCUT2D eigenvalue weighted by Gasteiger charge is -2.12. The maximum Gasteiger partial charge on any atom is 0.344 e. The van der Waals surface area contributed by atoms with Crippen LogP contribution in [0.5, 0.6) is 11.5 Å².